The number of hydrogen-bond acceptors (Lipinski definition) is 3. The summed E-state index contributed by atoms with van der Waals surface area (Å²) in [7, 11) is 0. The number of nitrogens with one attached hydrogen (secondary N) is 1. The van der Waals surface area contributed by atoms with E-state index in [4.69, 9.17) is 11.6 Å². The molecule has 2 aliphatic heterocycles. The summed E-state index contributed by atoms with van der Waals surface area (Å²) in [6.07, 6.45) is 4.09. The van der Waals surface area contributed by atoms with E-state index >= 15 is 0 Å². The molecule has 0 amide bonds. The lowest BCUT2D eigenvalue weighted by atomic mass is 9.97. The Labute approximate surface area is 125 Å². The third kappa shape index (κ3) is 2.67. The molecule has 20 heavy (non-hydrogen) atoms. The van der Waals surface area contributed by atoms with Gasteiger partial charge in [0.05, 0.1) is 6.10 Å². The van der Waals surface area contributed by atoms with E-state index in [1.807, 2.05) is 6.07 Å². The first-order valence-corrected chi connectivity index (χ1v) is 8.02. The summed E-state index contributed by atoms with van der Waals surface area (Å²) in [5.41, 5.74) is 2.57. The zero-order chi connectivity index (χ0) is 14.1. The molecule has 0 saturated carbocycles. The Kier molecular flexibility index (Phi) is 4.20. The lowest BCUT2D eigenvalue weighted by Gasteiger charge is -2.40. The van der Waals surface area contributed by atoms with E-state index in [2.05, 4.69) is 29.3 Å². The summed E-state index contributed by atoms with van der Waals surface area (Å²) in [5, 5.41) is 14.1. The molecule has 1 aromatic carbocycles. The molecule has 2 unspecified atom stereocenters. The van der Waals surface area contributed by atoms with E-state index in [0.717, 1.165) is 31.0 Å². The van der Waals surface area contributed by atoms with Crippen molar-refractivity contribution in [3.8, 4) is 0 Å². The van der Waals surface area contributed by atoms with Crippen LogP contribution in [0.25, 0.3) is 0 Å². The highest BCUT2D eigenvalue weighted by atomic mass is 35.5. The van der Waals surface area contributed by atoms with Gasteiger partial charge in [0, 0.05) is 29.3 Å². The second-order valence-electron chi connectivity index (χ2n) is 5.97. The van der Waals surface area contributed by atoms with E-state index in [9.17, 15) is 5.11 Å². The Bertz CT molecular complexity index is 466. The Hall–Kier alpha value is -0.770. The molecule has 2 fully saturated rings. The lowest BCUT2D eigenvalue weighted by molar-refractivity contribution is 0.126. The van der Waals surface area contributed by atoms with Crippen LogP contribution in [0.15, 0.2) is 18.2 Å². The molecule has 4 heteroatoms. The SMILES string of the molecule is CCNCc1cc(Cl)ccc1N1C2CCC1CC(O)C2. The van der Waals surface area contributed by atoms with Crippen molar-refractivity contribution in [2.24, 2.45) is 0 Å². The van der Waals surface area contributed by atoms with Crippen LogP contribution in [0, 0.1) is 0 Å². The predicted octanol–water partition coefficient (Wildman–Crippen LogP) is 2.94. The molecule has 2 atom stereocenters. The molecule has 0 spiro atoms. The fourth-order valence-electron chi connectivity index (χ4n) is 3.75. The number of hydrogen-bond donors (Lipinski definition) is 2. The van der Waals surface area contributed by atoms with Gasteiger partial charge in [-0.15, -0.1) is 0 Å². The molecule has 2 N–H and O–H groups in total. The summed E-state index contributed by atoms with van der Waals surface area (Å²) in [6.45, 7) is 3.92. The van der Waals surface area contributed by atoms with Gasteiger partial charge in [-0.3, -0.25) is 0 Å². The van der Waals surface area contributed by atoms with Gasteiger partial charge in [-0.2, -0.15) is 0 Å². The van der Waals surface area contributed by atoms with E-state index in [0.29, 0.717) is 12.1 Å². The number of rotatable bonds is 4. The van der Waals surface area contributed by atoms with Crippen molar-refractivity contribution in [3.05, 3.63) is 28.8 Å². The normalized spacial score (nSPS) is 28.9. The number of piperidine rings is 1. The van der Waals surface area contributed by atoms with Crippen LogP contribution < -0.4 is 10.2 Å². The quantitative estimate of drug-likeness (QED) is 0.896. The smallest absolute Gasteiger partial charge is 0.0579 e. The molecule has 1 aromatic rings. The average Bonchev–Trinajstić information content (AvgIpc) is 2.68. The third-order valence-corrected chi connectivity index (χ3v) is 4.83. The van der Waals surface area contributed by atoms with Gasteiger partial charge in [-0.05, 0) is 56.0 Å². The number of aliphatic hydroxyl groups excluding tert-OH is 1. The topological polar surface area (TPSA) is 35.5 Å². The van der Waals surface area contributed by atoms with Gasteiger partial charge in [0.1, 0.15) is 0 Å². The molecule has 2 heterocycles. The van der Waals surface area contributed by atoms with E-state index in [1.54, 1.807) is 0 Å². The van der Waals surface area contributed by atoms with Crippen LogP contribution in [0.4, 0.5) is 5.69 Å². The van der Waals surface area contributed by atoms with Crippen molar-refractivity contribution in [3.63, 3.8) is 0 Å². The number of anilines is 1. The Morgan fingerprint density at radius 1 is 1.30 bits per heavy atom. The second kappa shape index (κ2) is 5.92. The largest absolute Gasteiger partial charge is 0.393 e. The van der Waals surface area contributed by atoms with Crippen molar-refractivity contribution in [2.45, 2.75) is 57.3 Å². The molecule has 2 aliphatic rings. The molecule has 0 aliphatic carbocycles. The van der Waals surface area contributed by atoms with Crippen LogP contribution in [0.1, 0.15) is 38.2 Å². The molecule has 3 rings (SSSR count). The number of benzene rings is 1. The maximum atomic E-state index is 9.95. The monoisotopic (exact) mass is 294 g/mol. The van der Waals surface area contributed by atoms with Crippen molar-refractivity contribution >= 4 is 17.3 Å². The number of aliphatic hydroxyl groups is 1. The maximum absolute atomic E-state index is 9.95. The van der Waals surface area contributed by atoms with E-state index < -0.39 is 0 Å². The third-order valence-electron chi connectivity index (χ3n) is 4.59. The zero-order valence-corrected chi connectivity index (χ0v) is 12.7. The van der Waals surface area contributed by atoms with Crippen molar-refractivity contribution < 1.29 is 5.11 Å². The van der Waals surface area contributed by atoms with Gasteiger partial charge in [0.25, 0.3) is 0 Å². The fraction of sp³-hybridized carbons (Fsp3) is 0.625. The fourth-order valence-corrected chi connectivity index (χ4v) is 3.94. The predicted molar refractivity (Wildman–Crippen MR) is 83.4 cm³/mol. The first kappa shape index (κ1) is 14.2. The molecule has 2 bridgehead atoms. The standard InChI is InChI=1S/C16H23ClN2O/c1-2-18-10-11-7-12(17)3-6-16(11)19-13-4-5-14(19)9-15(20)8-13/h3,6-7,13-15,18,20H,2,4-5,8-10H2,1H3. The Morgan fingerprint density at radius 3 is 2.65 bits per heavy atom. The molecule has 3 nitrogen and oxygen atoms in total. The molecule has 110 valence electrons. The number of halogens is 1. The minimum Gasteiger partial charge on any atom is -0.393 e. The molecule has 0 radical (unpaired) electrons. The molecule has 0 aromatic heterocycles. The van der Waals surface area contributed by atoms with Crippen LogP contribution in [0.3, 0.4) is 0 Å². The molecular weight excluding hydrogens is 272 g/mol. The minimum atomic E-state index is -0.117. The highest BCUT2D eigenvalue weighted by Gasteiger charge is 2.40. The summed E-state index contributed by atoms with van der Waals surface area (Å²) >= 11 is 6.16. The summed E-state index contributed by atoms with van der Waals surface area (Å²) in [5.74, 6) is 0. The van der Waals surface area contributed by atoms with Crippen LogP contribution >= 0.6 is 11.6 Å². The Morgan fingerprint density at radius 2 is 2.00 bits per heavy atom. The minimum absolute atomic E-state index is 0.117. The highest BCUT2D eigenvalue weighted by molar-refractivity contribution is 6.30. The van der Waals surface area contributed by atoms with Gasteiger partial charge in [0.15, 0.2) is 0 Å². The first-order chi connectivity index (χ1) is 9.69. The summed E-state index contributed by atoms with van der Waals surface area (Å²) in [4.78, 5) is 2.54. The van der Waals surface area contributed by atoms with Gasteiger partial charge in [-0.1, -0.05) is 18.5 Å². The van der Waals surface area contributed by atoms with Crippen LogP contribution in [0.5, 0.6) is 0 Å². The van der Waals surface area contributed by atoms with Crippen molar-refractivity contribution in [2.75, 3.05) is 11.4 Å². The van der Waals surface area contributed by atoms with E-state index in [1.165, 1.54) is 24.1 Å². The zero-order valence-electron chi connectivity index (χ0n) is 12.0. The van der Waals surface area contributed by atoms with E-state index in [-0.39, 0.29) is 6.10 Å². The van der Waals surface area contributed by atoms with Crippen LogP contribution in [0.2, 0.25) is 5.02 Å². The number of fused-ring (bicyclic) bond motifs is 2. The van der Waals surface area contributed by atoms with Gasteiger partial charge >= 0.3 is 0 Å². The van der Waals surface area contributed by atoms with Gasteiger partial charge in [-0.25, -0.2) is 0 Å². The average molecular weight is 295 g/mol. The van der Waals surface area contributed by atoms with Crippen LogP contribution in [-0.2, 0) is 6.54 Å². The maximum Gasteiger partial charge on any atom is 0.0579 e. The van der Waals surface area contributed by atoms with Gasteiger partial charge in [0.2, 0.25) is 0 Å². The summed E-state index contributed by atoms with van der Waals surface area (Å²) < 4.78 is 0. The first-order valence-electron chi connectivity index (χ1n) is 7.64. The summed E-state index contributed by atoms with van der Waals surface area (Å²) in [6, 6.07) is 7.19. The van der Waals surface area contributed by atoms with Gasteiger partial charge < -0.3 is 15.3 Å². The Balaban J connectivity index is 1.90. The lowest BCUT2D eigenvalue weighted by Crippen LogP contribution is -2.45. The second-order valence-corrected chi connectivity index (χ2v) is 6.41. The molecule has 2 saturated heterocycles. The van der Waals surface area contributed by atoms with Crippen molar-refractivity contribution in [1.29, 1.82) is 0 Å². The molecular formula is C16H23ClN2O. The van der Waals surface area contributed by atoms with Crippen molar-refractivity contribution in [1.82, 2.24) is 5.32 Å². The van der Waals surface area contributed by atoms with Crippen LogP contribution in [-0.4, -0.2) is 29.8 Å². The highest BCUT2D eigenvalue weighted by Crippen LogP contribution is 2.41. The number of nitrogens with zero attached hydrogens (tertiary/aromatic N) is 1.